The van der Waals surface area contributed by atoms with Gasteiger partial charge in [-0.2, -0.15) is 13.2 Å². The van der Waals surface area contributed by atoms with Crippen LogP contribution < -0.4 is 11.1 Å². The Balaban J connectivity index is 2.23. The predicted molar refractivity (Wildman–Crippen MR) is 69.2 cm³/mol. The van der Waals surface area contributed by atoms with E-state index in [0.717, 1.165) is 11.5 Å². The molecule has 0 saturated carbocycles. The zero-order valence-electron chi connectivity index (χ0n) is 9.99. The van der Waals surface area contributed by atoms with E-state index >= 15 is 0 Å². The van der Waals surface area contributed by atoms with Crippen LogP contribution in [0.2, 0.25) is 0 Å². The molecule has 9 heteroatoms. The molecule has 0 aliphatic carbocycles. The predicted octanol–water partition coefficient (Wildman–Crippen LogP) is 3.10. The molecule has 0 aliphatic rings. The molecule has 20 heavy (non-hydrogen) atoms. The van der Waals surface area contributed by atoms with Crippen LogP contribution in [-0.4, -0.2) is 28.3 Å². The van der Waals surface area contributed by atoms with Crippen molar-refractivity contribution in [3.05, 3.63) is 24.5 Å². The first-order chi connectivity index (χ1) is 9.42. The van der Waals surface area contributed by atoms with Gasteiger partial charge in [0, 0.05) is 18.0 Å². The van der Waals surface area contributed by atoms with E-state index in [1.807, 2.05) is 0 Å². The Morgan fingerprint density at radius 1 is 1.40 bits per heavy atom. The highest BCUT2D eigenvalue weighted by molar-refractivity contribution is 7.11. The van der Waals surface area contributed by atoms with Crippen molar-refractivity contribution in [1.82, 2.24) is 9.36 Å². The van der Waals surface area contributed by atoms with Crippen LogP contribution in [0.15, 0.2) is 24.5 Å². The van der Waals surface area contributed by atoms with Gasteiger partial charge in [-0.05, 0) is 17.6 Å². The van der Waals surface area contributed by atoms with Gasteiger partial charge in [0.05, 0.1) is 12.1 Å². The van der Waals surface area contributed by atoms with Crippen LogP contribution in [0.5, 0.6) is 0 Å². The van der Waals surface area contributed by atoms with Crippen LogP contribution in [0.1, 0.15) is 0 Å². The molecule has 108 valence electrons. The van der Waals surface area contributed by atoms with Crippen LogP contribution in [0, 0.1) is 0 Å². The van der Waals surface area contributed by atoms with Gasteiger partial charge < -0.3 is 11.1 Å². The van der Waals surface area contributed by atoms with E-state index in [0.29, 0.717) is 11.1 Å². The van der Waals surface area contributed by atoms with Crippen molar-refractivity contribution in [2.75, 3.05) is 17.6 Å². The third-order valence-electron chi connectivity index (χ3n) is 2.47. The van der Waals surface area contributed by atoms with E-state index in [9.17, 15) is 17.6 Å². The quantitative estimate of drug-likeness (QED) is 0.833. The fourth-order valence-electron chi connectivity index (χ4n) is 1.49. The summed E-state index contributed by atoms with van der Waals surface area (Å²) in [5.41, 5.74) is 6.62. The van der Waals surface area contributed by atoms with Gasteiger partial charge in [-0.25, -0.2) is 8.78 Å². The summed E-state index contributed by atoms with van der Waals surface area (Å²) in [4.78, 5) is 3.89. The summed E-state index contributed by atoms with van der Waals surface area (Å²) in [5.74, 6) is -3.99. The van der Waals surface area contributed by atoms with Crippen molar-refractivity contribution in [3.63, 3.8) is 0 Å². The van der Waals surface area contributed by atoms with Gasteiger partial charge in [0.15, 0.2) is 0 Å². The molecule has 2 heterocycles. The minimum Gasteiger partial charge on any atom is -0.382 e. The third-order valence-corrected chi connectivity index (χ3v) is 3.29. The molecule has 4 nitrogen and oxygen atoms in total. The molecule has 0 unspecified atom stereocenters. The Hall–Kier alpha value is -1.90. The maximum atomic E-state index is 12.9. The molecule has 0 fully saturated rings. The van der Waals surface area contributed by atoms with E-state index in [4.69, 9.17) is 5.73 Å². The lowest BCUT2D eigenvalue weighted by Gasteiger charge is -2.16. The lowest BCUT2D eigenvalue weighted by atomic mass is 10.1. The Labute approximate surface area is 115 Å². The summed E-state index contributed by atoms with van der Waals surface area (Å²) in [7, 11) is 0. The van der Waals surface area contributed by atoms with E-state index in [2.05, 4.69) is 14.7 Å². The van der Waals surface area contributed by atoms with Gasteiger partial charge >= 0.3 is 12.3 Å². The number of pyridine rings is 1. The van der Waals surface area contributed by atoms with E-state index in [-0.39, 0.29) is 10.8 Å². The molecule has 0 atom stereocenters. The number of nitrogens with two attached hydrogens (primary N) is 1. The molecule has 0 bridgehead atoms. The normalized spacial score (nSPS) is 11.8. The SMILES string of the molecule is Nc1nsc(NCC(F)(F)C(F)F)c1-c1cccnc1. The number of nitrogens with zero attached hydrogens (tertiary/aromatic N) is 2. The van der Waals surface area contributed by atoms with Gasteiger partial charge in [0.25, 0.3) is 0 Å². The number of aromatic nitrogens is 2. The third kappa shape index (κ3) is 2.98. The molecule has 0 radical (unpaired) electrons. The highest BCUT2D eigenvalue weighted by Crippen LogP contribution is 2.37. The minimum atomic E-state index is -4.12. The van der Waals surface area contributed by atoms with E-state index in [1.54, 1.807) is 12.1 Å². The average Bonchev–Trinajstić information content (AvgIpc) is 2.78. The molecule has 0 spiro atoms. The summed E-state index contributed by atoms with van der Waals surface area (Å²) >= 11 is 0.831. The first-order valence-electron chi connectivity index (χ1n) is 5.47. The Morgan fingerprint density at radius 2 is 2.15 bits per heavy atom. The summed E-state index contributed by atoms with van der Waals surface area (Å²) in [6, 6.07) is 3.31. The lowest BCUT2D eigenvalue weighted by molar-refractivity contribution is -0.117. The Morgan fingerprint density at radius 3 is 2.75 bits per heavy atom. The largest absolute Gasteiger partial charge is 0.382 e. The molecular formula is C11H10F4N4S. The van der Waals surface area contributed by atoms with Crippen molar-refractivity contribution in [2.24, 2.45) is 0 Å². The number of rotatable bonds is 5. The van der Waals surface area contributed by atoms with Crippen LogP contribution in [0.4, 0.5) is 28.4 Å². The second kappa shape index (κ2) is 5.61. The van der Waals surface area contributed by atoms with Crippen molar-refractivity contribution in [1.29, 1.82) is 0 Å². The van der Waals surface area contributed by atoms with Crippen molar-refractivity contribution < 1.29 is 17.6 Å². The number of hydrogen-bond donors (Lipinski definition) is 2. The number of halogens is 4. The molecule has 2 rings (SSSR count). The van der Waals surface area contributed by atoms with Crippen molar-refractivity contribution >= 4 is 22.4 Å². The van der Waals surface area contributed by atoms with E-state index < -0.39 is 18.9 Å². The molecule has 0 amide bonds. The summed E-state index contributed by atoms with van der Waals surface area (Å²) < 4.78 is 53.9. The van der Waals surface area contributed by atoms with Gasteiger partial charge in [0.1, 0.15) is 10.8 Å². The molecular weight excluding hydrogens is 296 g/mol. The van der Waals surface area contributed by atoms with Gasteiger partial charge in [-0.3, -0.25) is 4.98 Å². The van der Waals surface area contributed by atoms with Crippen LogP contribution in [0.3, 0.4) is 0 Å². The highest BCUT2D eigenvalue weighted by atomic mass is 32.1. The maximum Gasteiger partial charge on any atom is 0.324 e. The number of nitrogens with one attached hydrogen (secondary N) is 1. The maximum absolute atomic E-state index is 12.9. The summed E-state index contributed by atoms with van der Waals surface area (Å²) in [5, 5.41) is 2.48. The minimum absolute atomic E-state index is 0.130. The highest BCUT2D eigenvalue weighted by Gasteiger charge is 2.40. The second-order valence-electron chi connectivity index (χ2n) is 3.93. The zero-order valence-corrected chi connectivity index (χ0v) is 10.8. The topological polar surface area (TPSA) is 63.8 Å². The van der Waals surface area contributed by atoms with Gasteiger partial charge in [0.2, 0.25) is 0 Å². The summed E-state index contributed by atoms with van der Waals surface area (Å²) in [6.07, 6.45) is -0.712. The Kier molecular flexibility index (Phi) is 4.07. The average molecular weight is 306 g/mol. The second-order valence-corrected chi connectivity index (χ2v) is 4.70. The molecule has 0 aromatic carbocycles. The standard InChI is InChI=1S/C11H10F4N4S/c12-10(13)11(14,15)5-18-9-7(8(16)19-20-9)6-2-1-3-17-4-6/h1-4,10,18H,5H2,(H2,16,19). The molecule has 2 aromatic rings. The van der Waals surface area contributed by atoms with Crippen LogP contribution in [-0.2, 0) is 0 Å². The zero-order chi connectivity index (χ0) is 14.8. The molecule has 2 aromatic heterocycles. The molecule has 3 N–H and O–H groups in total. The number of alkyl halides is 4. The number of hydrogen-bond acceptors (Lipinski definition) is 5. The van der Waals surface area contributed by atoms with Crippen LogP contribution in [0.25, 0.3) is 11.1 Å². The molecule has 0 saturated heterocycles. The lowest BCUT2D eigenvalue weighted by Crippen LogP contribution is -2.34. The Bertz CT molecular complexity index is 573. The monoisotopic (exact) mass is 306 g/mol. The van der Waals surface area contributed by atoms with E-state index in [1.165, 1.54) is 12.4 Å². The van der Waals surface area contributed by atoms with Crippen LogP contribution >= 0.6 is 11.5 Å². The van der Waals surface area contributed by atoms with Gasteiger partial charge in [-0.1, -0.05) is 6.07 Å². The first kappa shape index (κ1) is 14.5. The van der Waals surface area contributed by atoms with Crippen molar-refractivity contribution in [3.8, 4) is 11.1 Å². The fourth-order valence-corrected chi connectivity index (χ4v) is 2.22. The van der Waals surface area contributed by atoms with Gasteiger partial charge in [-0.15, -0.1) is 0 Å². The first-order valence-corrected chi connectivity index (χ1v) is 6.24. The summed E-state index contributed by atoms with van der Waals surface area (Å²) in [6.45, 7) is -1.19. The molecule has 0 aliphatic heterocycles. The number of nitrogen functional groups attached to an aromatic ring is 1. The smallest absolute Gasteiger partial charge is 0.324 e. The van der Waals surface area contributed by atoms with Crippen molar-refractivity contribution in [2.45, 2.75) is 12.3 Å². The number of anilines is 2. The fraction of sp³-hybridized carbons (Fsp3) is 0.273.